The summed E-state index contributed by atoms with van der Waals surface area (Å²) in [6, 6.07) is 8.48. The van der Waals surface area contributed by atoms with Crippen molar-refractivity contribution in [2.24, 2.45) is 7.05 Å². The molecule has 2 heterocycles. The van der Waals surface area contributed by atoms with Crippen molar-refractivity contribution in [1.29, 1.82) is 0 Å². The fourth-order valence-corrected chi connectivity index (χ4v) is 3.28. The van der Waals surface area contributed by atoms with E-state index in [9.17, 15) is 18.0 Å². The van der Waals surface area contributed by atoms with Crippen molar-refractivity contribution in [1.82, 2.24) is 14.7 Å². The van der Waals surface area contributed by atoms with E-state index in [4.69, 9.17) is 0 Å². The predicted molar refractivity (Wildman–Crippen MR) is 82.4 cm³/mol. The Morgan fingerprint density at radius 2 is 2.00 bits per heavy atom. The van der Waals surface area contributed by atoms with E-state index in [0.717, 1.165) is 30.0 Å². The monoisotopic (exact) mass is 337 g/mol. The third kappa shape index (κ3) is 2.90. The van der Waals surface area contributed by atoms with Crippen molar-refractivity contribution in [2.75, 3.05) is 6.54 Å². The number of likely N-dealkylation sites (tertiary alicyclic amines) is 1. The van der Waals surface area contributed by atoms with Crippen molar-refractivity contribution in [3.05, 3.63) is 52.8 Å². The lowest BCUT2D eigenvalue weighted by Gasteiger charge is -2.25. The van der Waals surface area contributed by atoms with Crippen LogP contribution in [-0.4, -0.2) is 27.1 Å². The summed E-state index contributed by atoms with van der Waals surface area (Å²) in [5, 5.41) is 3.78. The second-order valence-electron chi connectivity index (χ2n) is 6.05. The minimum Gasteiger partial charge on any atom is -0.330 e. The Labute approximate surface area is 137 Å². The third-order valence-corrected chi connectivity index (χ3v) is 4.45. The number of carbonyl (C=O) groups is 1. The highest BCUT2D eigenvalue weighted by molar-refractivity contribution is 5.93. The molecule has 0 spiro atoms. The molecule has 7 heteroatoms. The molecule has 1 aliphatic heterocycles. The molecule has 0 bridgehead atoms. The van der Waals surface area contributed by atoms with E-state index < -0.39 is 17.8 Å². The summed E-state index contributed by atoms with van der Waals surface area (Å²) in [4.78, 5) is 14.3. The van der Waals surface area contributed by atoms with Gasteiger partial charge >= 0.3 is 6.18 Å². The Kier molecular flexibility index (Phi) is 4.11. The van der Waals surface area contributed by atoms with Crippen molar-refractivity contribution in [3.8, 4) is 0 Å². The molecule has 4 nitrogen and oxygen atoms in total. The number of alkyl halides is 3. The van der Waals surface area contributed by atoms with E-state index in [1.807, 2.05) is 31.2 Å². The molecule has 0 aliphatic carbocycles. The van der Waals surface area contributed by atoms with Crippen LogP contribution < -0.4 is 0 Å². The van der Waals surface area contributed by atoms with Crippen LogP contribution in [0.15, 0.2) is 30.3 Å². The maximum atomic E-state index is 12.9. The zero-order chi connectivity index (χ0) is 17.5. The van der Waals surface area contributed by atoms with Gasteiger partial charge in [0.2, 0.25) is 0 Å². The fourth-order valence-electron chi connectivity index (χ4n) is 3.28. The lowest BCUT2D eigenvalue weighted by molar-refractivity contribution is -0.143. The van der Waals surface area contributed by atoms with E-state index in [1.54, 1.807) is 4.90 Å². The van der Waals surface area contributed by atoms with Gasteiger partial charge in [0.15, 0.2) is 5.69 Å². The Hall–Kier alpha value is -2.31. The second kappa shape index (κ2) is 5.96. The summed E-state index contributed by atoms with van der Waals surface area (Å²) < 4.78 is 39.4. The average Bonchev–Trinajstić information content (AvgIpc) is 3.13. The number of halogens is 3. The molecule has 0 saturated carbocycles. The molecule has 1 aromatic heterocycles. The van der Waals surface area contributed by atoms with Gasteiger partial charge in [-0.25, -0.2) is 0 Å². The Balaban J connectivity index is 1.91. The van der Waals surface area contributed by atoms with Crippen LogP contribution in [0.25, 0.3) is 0 Å². The quantitative estimate of drug-likeness (QED) is 0.838. The topological polar surface area (TPSA) is 38.1 Å². The van der Waals surface area contributed by atoms with Crippen LogP contribution in [0.3, 0.4) is 0 Å². The maximum Gasteiger partial charge on any atom is 0.433 e. The molecule has 1 atom stereocenters. The Morgan fingerprint density at radius 1 is 1.29 bits per heavy atom. The zero-order valence-electron chi connectivity index (χ0n) is 13.5. The summed E-state index contributed by atoms with van der Waals surface area (Å²) in [5.74, 6) is -0.452. The summed E-state index contributed by atoms with van der Waals surface area (Å²) in [7, 11) is 1.20. The van der Waals surface area contributed by atoms with E-state index in [0.29, 0.717) is 11.2 Å². The first-order valence-corrected chi connectivity index (χ1v) is 7.77. The fraction of sp³-hybridized carbons (Fsp3) is 0.412. The minimum absolute atomic E-state index is 0.116. The SMILES string of the molecule is Cc1ccccc1C1CCCN1C(=O)c1cc(C(F)(F)F)n(C)n1. The Bertz CT molecular complexity index is 767. The lowest BCUT2D eigenvalue weighted by Crippen LogP contribution is -2.31. The van der Waals surface area contributed by atoms with E-state index in [2.05, 4.69) is 5.10 Å². The molecule has 0 N–H and O–H groups in total. The number of amides is 1. The molecule has 128 valence electrons. The van der Waals surface area contributed by atoms with Crippen molar-refractivity contribution < 1.29 is 18.0 Å². The second-order valence-corrected chi connectivity index (χ2v) is 6.05. The van der Waals surface area contributed by atoms with Crippen LogP contribution in [0.1, 0.15) is 46.2 Å². The summed E-state index contributed by atoms with van der Waals surface area (Å²) in [5.41, 5.74) is 1.03. The summed E-state index contributed by atoms with van der Waals surface area (Å²) in [6.07, 6.45) is -2.90. The van der Waals surface area contributed by atoms with Gasteiger partial charge in [-0.05, 0) is 30.9 Å². The first kappa shape index (κ1) is 16.5. The van der Waals surface area contributed by atoms with Crippen LogP contribution in [0.5, 0.6) is 0 Å². The van der Waals surface area contributed by atoms with E-state index in [1.165, 1.54) is 7.05 Å². The van der Waals surface area contributed by atoms with Gasteiger partial charge in [0.05, 0.1) is 6.04 Å². The number of nitrogens with zero attached hydrogens (tertiary/aromatic N) is 3. The van der Waals surface area contributed by atoms with Gasteiger partial charge in [-0.1, -0.05) is 24.3 Å². The number of aromatic nitrogens is 2. The van der Waals surface area contributed by atoms with Gasteiger partial charge in [0.1, 0.15) is 5.69 Å². The first-order chi connectivity index (χ1) is 11.3. The standard InChI is InChI=1S/C17H18F3N3O/c1-11-6-3-4-7-12(11)14-8-5-9-23(14)16(24)13-10-15(17(18,19)20)22(2)21-13/h3-4,6-7,10,14H,5,8-9H2,1-2H3. The number of aryl methyl sites for hydroxylation is 2. The van der Waals surface area contributed by atoms with E-state index >= 15 is 0 Å². The largest absolute Gasteiger partial charge is 0.433 e. The van der Waals surface area contributed by atoms with Crippen LogP contribution in [0.4, 0.5) is 13.2 Å². The smallest absolute Gasteiger partial charge is 0.330 e. The molecule has 24 heavy (non-hydrogen) atoms. The van der Waals surface area contributed by atoms with Crippen molar-refractivity contribution in [3.63, 3.8) is 0 Å². The molecular weight excluding hydrogens is 319 g/mol. The molecule has 0 radical (unpaired) electrons. The van der Waals surface area contributed by atoms with Gasteiger partial charge in [-0.15, -0.1) is 0 Å². The maximum absolute atomic E-state index is 12.9. The molecule has 3 rings (SSSR count). The summed E-state index contributed by atoms with van der Waals surface area (Å²) >= 11 is 0. The zero-order valence-corrected chi connectivity index (χ0v) is 13.5. The van der Waals surface area contributed by atoms with Crippen LogP contribution in [0, 0.1) is 6.92 Å². The highest BCUT2D eigenvalue weighted by Gasteiger charge is 2.38. The molecule has 1 unspecified atom stereocenters. The molecule has 1 aromatic carbocycles. The van der Waals surface area contributed by atoms with Gasteiger partial charge < -0.3 is 4.90 Å². The predicted octanol–water partition coefficient (Wildman–Crippen LogP) is 3.72. The van der Waals surface area contributed by atoms with Gasteiger partial charge in [-0.3, -0.25) is 9.48 Å². The molecule has 1 amide bonds. The molecule has 1 aliphatic rings. The highest BCUT2D eigenvalue weighted by Crippen LogP contribution is 2.35. The summed E-state index contributed by atoms with van der Waals surface area (Å²) in [6.45, 7) is 2.49. The molecular formula is C17H18F3N3O. The number of hydrogen-bond donors (Lipinski definition) is 0. The average molecular weight is 337 g/mol. The molecule has 2 aromatic rings. The molecule has 1 saturated heterocycles. The minimum atomic E-state index is -4.53. The lowest BCUT2D eigenvalue weighted by atomic mass is 9.99. The number of hydrogen-bond acceptors (Lipinski definition) is 2. The van der Waals surface area contributed by atoms with Crippen LogP contribution >= 0.6 is 0 Å². The third-order valence-electron chi connectivity index (χ3n) is 4.45. The highest BCUT2D eigenvalue weighted by atomic mass is 19.4. The van der Waals surface area contributed by atoms with Crippen LogP contribution in [-0.2, 0) is 13.2 Å². The Morgan fingerprint density at radius 3 is 2.62 bits per heavy atom. The first-order valence-electron chi connectivity index (χ1n) is 7.77. The number of carbonyl (C=O) groups excluding carboxylic acids is 1. The van der Waals surface area contributed by atoms with Crippen molar-refractivity contribution in [2.45, 2.75) is 32.0 Å². The van der Waals surface area contributed by atoms with Crippen molar-refractivity contribution >= 4 is 5.91 Å². The van der Waals surface area contributed by atoms with Gasteiger partial charge in [0, 0.05) is 19.7 Å². The van der Waals surface area contributed by atoms with E-state index in [-0.39, 0.29) is 11.7 Å². The van der Waals surface area contributed by atoms with Gasteiger partial charge in [0.25, 0.3) is 5.91 Å². The van der Waals surface area contributed by atoms with Crippen LogP contribution in [0.2, 0.25) is 0 Å². The molecule has 1 fully saturated rings. The number of rotatable bonds is 2. The van der Waals surface area contributed by atoms with Gasteiger partial charge in [-0.2, -0.15) is 18.3 Å². The normalized spacial score (nSPS) is 18.2. The number of benzene rings is 1.